The summed E-state index contributed by atoms with van der Waals surface area (Å²) in [5.74, 6) is -0.482. The molecule has 1 aromatic rings. The Morgan fingerprint density at radius 2 is 2.00 bits per heavy atom. The Morgan fingerprint density at radius 1 is 1.33 bits per heavy atom. The summed E-state index contributed by atoms with van der Waals surface area (Å²) in [6.45, 7) is -0.0151. The molecule has 5 nitrogen and oxygen atoms in total. The average Bonchev–Trinajstić information content (AvgIpc) is 2.42. The molecule has 0 saturated carbocycles. The molecule has 1 rings (SSSR count). The first-order valence-electron chi connectivity index (χ1n) is 5.32. The molecule has 0 aliphatic rings. The maximum Gasteiger partial charge on any atom is 0.251 e. The van der Waals surface area contributed by atoms with Gasteiger partial charge in [-0.15, -0.1) is 0 Å². The summed E-state index contributed by atoms with van der Waals surface area (Å²) < 4.78 is 0. The largest absolute Gasteiger partial charge is 0.355 e. The molecule has 2 N–H and O–H groups in total. The SMILES string of the molecule is CNC(=O)c1ccc(/C=C\C(=O)NCC#N)cc1. The molecule has 0 bridgehead atoms. The number of carbonyl (C=O) groups is 2. The molecule has 0 saturated heterocycles. The molecule has 0 fully saturated rings. The van der Waals surface area contributed by atoms with Gasteiger partial charge in [0.2, 0.25) is 5.91 Å². The molecule has 0 unspecified atom stereocenters. The van der Waals surface area contributed by atoms with Crippen molar-refractivity contribution in [2.24, 2.45) is 0 Å². The van der Waals surface area contributed by atoms with Crippen molar-refractivity contribution in [1.29, 1.82) is 5.26 Å². The van der Waals surface area contributed by atoms with E-state index in [4.69, 9.17) is 5.26 Å². The lowest BCUT2D eigenvalue weighted by molar-refractivity contribution is -0.116. The second-order valence-corrected chi connectivity index (χ2v) is 3.41. The van der Waals surface area contributed by atoms with Crippen molar-refractivity contribution in [3.63, 3.8) is 0 Å². The number of nitriles is 1. The third-order valence-corrected chi connectivity index (χ3v) is 2.17. The van der Waals surface area contributed by atoms with Crippen molar-refractivity contribution in [3.8, 4) is 6.07 Å². The molecule has 1 aromatic carbocycles. The number of hydrogen-bond acceptors (Lipinski definition) is 3. The second kappa shape index (κ2) is 6.86. The highest BCUT2D eigenvalue weighted by Crippen LogP contribution is 2.06. The van der Waals surface area contributed by atoms with Gasteiger partial charge in [-0.05, 0) is 23.8 Å². The lowest BCUT2D eigenvalue weighted by Gasteiger charge is -1.99. The van der Waals surface area contributed by atoms with Gasteiger partial charge in [-0.25, -0.2) is 0 Å². The molecule has 2 amide bonds. The van der Waals surface area contributed by atoms with Crippen molar-refractivity contribution in [2.45, 2.75) is 0 Å². The van der Waals surface area contributed by atoms with Crippen molar-refractivity contribution in [3.05, 3.63) is 41.5 Å². The lowest BCUT2D eigenvalue weighted by atomic mass is 10.1. The van der Waals surface area contributed by atoms with Crippen LogP contribution in [0, 0.1) is 11.3 Å². The summed E-state index contributed by atoms with van der Waals surface area (Å²) in [5, 5.41) is 13.2. The highest BCUT2D eigenvalue weighted by Gasteiger charge is 2.01. The highest BCUT2D eigenvalue weighted by molar-refractivity contribution is 5.94. The fourth-order valence-electron chi connectivity index (χ4n) is 1.25. The number of nitrogens with zero attached hydrogens (tertiary/aromatic N) is 1. The van der Waals surface area contributed by atoms with Crippen LogP contribution >= 0.6 is 0 Å². The number of hydrogen-bond donors (Lipinski definition) is 2. The van der Waals surface area contributed by atoms with Crippen LogP contribution in [0.15, 0.2) is 30.3 Å². The minimum Gasteiger partial charge on any atom is -0.355 e. The molecule has 5 heteroatoms. The van der Waals surface area contributed by atoms with Crippen LogP contribution < -0.4 is 10.6 Å². The van der Waals surface area contributed by atoms with Crippen LogP contribution in [0.2, 0.25) is 0 Å². The first-order chi connectivity index (χ1) is 8.67. The topological polar surface area (TPSA) is 82.0 Å². The maximum absolute atomic E-state index is 11.3. The third-order valence-electron chi connectivity index (χ3n) is 2.17. The van der Waals surface area contributed by atoms with Gasteiger partial charge in [0, 0.05) is 18.7 Å². The molecule has 0 radical (unpaired) electrons. The van der Waals surface area contributed by atoms with E-state index in [-0.39, 0.29) is 18.4 Å². The van der Waals surface area contributed by atoms with Crippen LogP contribution in [-0.4, -0.2) is 25.4 Å². The molecule has 18 heavy (non-hydrogen) atoms. The monoisotopic (exact) mass is 243 g/mol. The Labute approximate surface area is 105 Å². The van der Waals surface area contributed by atoms with Crippen LogP contribution in [0.25, 0.3) is 6.08 Å². The predicted octanol–water partition coefficient (Wildman–Crippen LogP) is 0.699. The van der Waals surface area contributed by atoms with Crippen LogP contribution in [0.1, 0.15) is 15.9 Å². The van der Waals surface area contributed by atoms with Crippen molar-refractivity contribution in [2.75, 3.05) is 13.6 Å². The van der Waals surface area contributed by atoms with Gasteiger partial charge in [-0.1, -0.05) is 12.1 Å². The molecule has 0 aliphatic heterocycles. The summed E-state index contributed by atoms with van der Waals surface area (Å²) in [5.41, 5.74) is 1.36. The molecule has 0 atom stereocenters. The summed E-state index contributed by atoms with van der Waals surface area (Å²) in [6, 6.07) is 8.63. The second-order valence-electron chi connectivity index (χ2n) is 3.41. The zero-order valence-electron chi connectivity index (χ0n) is 9.93. The zero-order valence-corrected chi connectivity index (χ0v) is 9.93. The maximum atomic E-state index is 11.3. The number of benzene rings is 1. The van der Waals surface area contributed by atoms with E-state index in [0.717, 1.165) is 5.56 Å². The Balaban J connectivity index is 2.64. The lowest BCUT2D eigenvalue weighted by Crippen LogP contribution is -2.20. The highest BCUT2D eigenvalue weighted by atomic mass is 16.2. The number of nitrogens with one attached hydrogen (secondary N) is 2. The molecule has 0 aliphatic carbocycles. The van der Waals surface area contributed by atoms with Crippen LogP contribution in [0.3, 0.4) is 0 Å². The Morgan fingerprint density at radius 3 is 2.56 bits per heavy atom. The minimum atomic E-state index is -0.327. The van der Waals surface area contributed by atoms with E-state index in [1.165, 1.54) is 6.08 Å². The molecule has 92 valence electrons. The van der Waals surface area contributed by atoms with E-state index in [2.05, 4.69) is 10.6 Å². The first-order valence-corrected chi connectivity index (χ1v) is 5.32. The smallest absolute Gasteiger partial charge is 0.251 e. The fourth-order valence-corrected chi connectivity index (χ4v) is 1.25. The third kappa shape index (κ3) is 4.10. The summed E-state index contributed by atoms with van der Waals surface area (Å²) in [7, 11) is 1.57. The standard InChI is InChI=1S/C13H13N3O2/c1-15-13(18)11-5-2-10(3-6-11)4-7-12(17)16-9-8-14/h2-7H,9H2,1H3,(H,15,18)(H,16,17)/b7-4-. The van der Waals surface area contributed by atoms with Gasteiger partial charge in [0.1, 0.15) is 6.54 Å². The van der Waals surface area contributed by atoms with Gasteiger partial charge in [0.25, 0.3) is 5.91 Å². The first kappa shape index (κ1) is 13.5. The van der Waals surface area contributed by atoms with Gasteiger partial charge in [0.15, 0.2) is 0 Å². The summed E-state index contributed by atoms with van der Waals surface area (Å²) in [4.78, 5) is 22.5. The normalized spacial score (nSPS) is 9.78. The van der Waals surface area contributed by atoms with E-state index in [1.54, 1.807) is 37.4 Å². The van der Waals surface area contributed by atoms with Crippen molar-refractivity contribution in [1.82, 2.24) is 10.6 Å². The van der Waals surface area contributed by atoms with Crippen molar-refractivity contribution < 1.29 is 9.59 Å². The molecule has 0 aromatic heterocycles. The number of carbonyl (C=O) groups excluding carboxylic acids is 2. The van der Waals surface area contributed by atoms with E-state index < -0.39 is 0 Å². The number of rotatable bonds is 4. The molecule has 0 heterocycles. The Bertz CT molecular complexity index is 498. The number of amides is 2. The van der Waals surface area contributed by atoms with E-state index in [9.17, 15) is 9.59 Å². The van der Waals surface area contributed by atoms with E-state index in [0.29, 0.717) is 5.56 Å². The van der Waals surface area contributed by atoms with Crippen LogP contribution in [-0.2, 0) is 4.79 Å². The fraction of sp³-hybridized carbons (Fsp3) is 0.154. The summed E-state index contributed by atoms with van der Waals surface area (Å²) in [6.07, 6.45) is 2.95. The summed E-state index contributed by atoms with van der Waals surface area (Å²) >= 11 is 0. The molecular formula is C13H13N3O2. The zero-order chi connectivity index (χ0) is 13.4. The van der Waals surface area contributed by atoms with Gasteiger partial charge in [0.05, 0.1) is 6.07 Å². The van der Waals surface area contributed by atoms with Gasteiger partial charge >= 0.3 is 0 Å². The van der Waals surface area contributed by atoms with Crippen LogP contribution in [0.5, 0.6) is 0 Å². The van der Waals surface area contributed by atoms with Crippen LogP contribution in [0.4, 0.5) is 0 Å². The Kier molecular flexibility index (Phi) is 5.13. The minimum absolute atomic E-state index is 0.0151. The van der Waals surface area contributed by atoms with Gasteiger partial charge < -0.3 is 10.6 Å². The van der Waals surface area contributed by atoms with Crippen molar-refractivity contribution >= 4 is 17.9 Å². The quantitative estimate of drug-likeness (QED) is 0.603. The predicted molar refractivity (Wildman–Crippen MR) is 67.5 cm³/mol. The van der Waals surface area contributed by atoms with Gasteiger partial charge in [-0.3, -0.25) is 9.59 Å². The van der Waals surface area contributed by atoms with E-state index in [1.807, 2.05) is 6.07 Å². The molecular weight excluding hydrogens is 230 g/mol. The van der Waals surface area contributed by atoms with E-state index >= 15 is 0 Å². The van der Waals surface area contributed by atoms with Gasteiger partial charge in [-0.2, -0.15) is 5.26 Å². The average molecular weight is 243 g/mol. The Hall–Kier alpha value is -2.61. The molecule has 0 spiro atoms.